The Kier molecular flexibility index (Phi) is 1.68. The zero-order valence-corrected chi connectivity index (χ0v) is 5.54. The summed E-state index contributed by atoms with van der Waals surface area (Å²) in [6.07, 6.45) is 0.759. The Morgan fingerprint density at radius 2 is 2.56 bits per heavy atom. The molecule has 1 aliphatic heterocycles. The Balaban J connectivity index is 2.57. The van der Waals surface area contributed by atoms with Crippen LogP contribution in [0.5, 0.6) is 0 Å². The third kappa shape index (κ3) is 1.20. The van der Waals surface area contributed by atoms with Gasteiger partial charge in [-0.05, 0) is 0 Å². The highest BCUT2D eigenvalue weighted by molar-refractivity contribution is 5.83. The first-order valence-corrected chi connectivity index (χ1v) is 3.08. The zero-order chi connectivity index (χ0) is 6.85. The van der Waals surface area contributed by atoms with Crippen molar-refractivity contribution in [1.82, 2.24) is 5.01 Å². The van der Waals surface area contributed by atoms with Gasteiger partial charge in [-0.1, -0.05) is 6.92 Å². The van der Waals surface area contributed by atoms with Gasteiger partial charge >= 0.3 is 0 Å². The van der Waals surface area contributed by atoms with Crippen LogP contribution in [0.2, 0.25) is 0 Å². The average molecular weight is 128 g/mol. The summed E-state index contributed by atoms with van der Waals surface area (Å²) in [5.41, 5.74) is 5.48. The molecule has 1 atom stereocenters. The molecular formula is C5H12N4. The quantitative estimate of drug-likeness (QED) is 0.457. The number of hydrogen-bond acceptors (Lipinski definition) is 4. The minimum Gasteiger partial charge on any atom is -0.308 e. The van der Waals surface area contributed by atoms with Crippen LogP contribution in [0.4, 0.5) is 0 Å². The summed E-state index contributed by atoms with van der Waals surface area (Å²) in [4.78, 5) is 4.08. The molecule has 0 aromatic carbocycles. The Hall–Kier alpha value is -0.610. The van der Waals surface area contributed by atoms with Crippen LogP contribution in [0.15, 0.2) is 4.99 Å². The molecule has 1 aliphatic rings. The van der Waals surface area contributed by atoms with Crippen molar-refractivity contribution in [3.8, 4) is 0 Å². The van der Waals surface area contributed by atoms with Crippen molar-refractivity contribution >= 4 is 5.84 Å². The standard InChI is InChI=1S/C5H12N4/c1-2-5-8-4(6)3-9(5)7/h4H,2-3,6-7H2,1H3. The zero-order valence-electron chi connectivity index (χ0n) is 5.54. The normalized spacial score (nSPS) is 26.8. The molecule has 1 heterocycles. The van der Waals surface area contributed by atoms with Gasteiger partial charge < -0.3 is 5.73 Å². The van der Waals surface area contributed by atoms with Crippen molar-refractivity contribution in [1.29, 1.82) is 0 Å². The average Bonchev–Trinajstić information content (AvgIpc) is 2.10. The van der Waals surface area contributed by atoms with Crippen LogP contribution in [0.1, 0.15) is 13.3 Å². The highest BCUT2D eigenvalue weighted by atomic mass is 15.5. The van der Waals surface area contributed by atoms with E-state index in [1.165, 1.54) is 0 Å². The van der Waals surface area contributed by atoms with E-state index < -0.39 is 0 Å². The van der Waals surface area contributed by atoms with Crippen molar-refractivity contribution in [2.45, 2.75) is 19.5 Å². The van der Waals surface area contributed by atoms with E-state index in [1.807, 2.05) is 6.92 Å². The highest BCUT2D eigenvalue weighted by Crippen LogP contribution is 2.01. The predicted octanol–water partition coefficient (Wildman–Crippen LogP) is -0.731. The number of hydrazine groups is 1. The van der Waals surface area contributed by atoms with Crippen LogP contribution in [-0.2, 0) is 0 Å². The molecule has 0 saturated heterocycles. The number of rotatable bonds is 1. The van der Waals surface area contributed by atoms with Gasteiger partial charge in [0, 0.05) is 6.42 Å². The van der Waals surface area contributed by atoms with Gasteiger partial charge in [0.2, 0.25) is 0 Å². The largest absolute Gasteiger partial charge is 0.308 e. The van der Waals surface area contributed by atoms with Crippen molar-refractivity contribution in [3.05, 3.63) is 0 Å². The molecule has 0 fully saturated rings. The van der Waals surface area contributed by atoms with E-state index in [1.54, 1.807) is 5.01 Å². The molecule has 1 unspecified atom stereocenters. The van der Waals surface area contributed by atoms with Crippen LogP contribution in [-0.4, -0.2) is 23.6 Å². The molecule has 9 heavy (non-hydrogen) atoms. The molecule has 0 spiro atoms. The van der Waals surface area contributed by atoms with Crippen molar-refractivity contribution in [2.24, 2.45) is 16.6 Å². The Morgan fingerprint density at radius 3 is 2.78 bits per heavy atom. The smallest absolute Gasteiger partial charge is 0.118 e. The van der Waals surface area contributed by atoms with E-state index in [2.05, 4.69) is 4.99 Å². The lowest BCUT2D eigenvalue weighted by Gasteiger charge is -2.10. The molecule has 0 radical (unpaired) electrons. The maximum Gasteiger partial charge on any atom is 0.118 e. The third-order valence-corrected chi connectivity index (χ3v) is 1.35. The summed E-state index contributed by atoms with van der Waals surface area (Å²) >= 11 is 0. The topological polar surface area (TPSA) is 67.6 Å². The molecule has 0 saturated carbocycles. The van der Waals surface area contributed by atoms with E-state index >= 15 is 0 Å². The van der Waals surface area contributed by atoms with Gasteiger partial charge in [0.25, 0.3) is 0 Å². The number of amidine groups is 1. The van der Waals surface area contributed by atoms with E-state index in [9.17, 15) is 0 Å². The molecule has 4 nitrogen and oxygen atoms in total. The van der Waals surface area contributed by atoms with Gasteiger partial charge in [-0.2, -0.15) is 0 Å². The van der Waals surface area contributed by atoms with Crippen LogP contribution in [0.3, 0.4) is 0 Å². The second kappa shape index (κ2) is 2.33. The molecule has 0 aromatic heterocycles. The van der Waals surface area contributed by atoms with Crippen molar-refractivity contribution < 1.29 is 0 Å². The highest BCUT2D eigenvalue weighted by Gasteiger charge is 2.16. The van der Waals surface area contributed by atoms with E-state index in [-0.39, 0.29) is 6.17 Å². The monoisotopic (exact) mass is 128 g/mol. The van der Waals surface area contributed by atoms with Crippen molar-refractivity contribution in [3.63, 3.8) is 0 Å². The Morgan fingerprint density at radius 1 is 1.89 bits per heavy atom. The van der Waals surface area contributed by atoms with E-state index in [4.69, 9.17) is 11.6 Å². The van der Waals surface area contributed by atoms with Gasteiger partial charge in [0.05, 0.1) is 6.54 Å². The van der Waals surface area contributed by atoms with Gasteiger partial charge in [-0.3, -0.25) is 10.0 Å². The number of nitrogens with two attached hydrogens (primary N) is 2. The summed E-state index contributed by atoms with van der Waals surface area (Å²) in [5.74, 6) is 6.41. The Labute approximate surface area is 54.5 Å². The molecular weight excluding hydrogens is 116 g/mol. The lowest BCUT2D eigenvalue weighted by Crippen LogP contribution is -2.37. The SMILES string of the molecule is CCC1=NC(N)CN1N. The first kappa shape index (κ1) is 6.51. The van der Waals surface area contributed by atoms with Crippen molar-refractivity contribution in [2.75, 3.05) is 6.54 Å². The lowest BCUT2D eigenvalue weighted by molar-refractivity contribution is 0.441. The van der Waals surface area contributed by atoms with Gasteiger partial charge in [0.15, 0.2) is 0 Å². The number of hydrogen-bond donors (Lipinski definition) is 2. The van der Waals surface area contributed by atoms with E-state index in [0.29, 0.717) is 6.54 Å². The van der Waals surface area contributed by atoms with Crippen LogP contribution >= 0.6 is 0 Å². The fourth-order valence-electron chi connectivity index (χ4n) is 0.908. The number of aliphatic imine (C=N–C) groups is 1. The van der Waals surface area contributed by atoms with Crippen LogP contribution in [0.25, 0.3) is 0 Å². The third-order valence-electron chi connectivity index (χ3n) is 1.35. The molecule has 0 bridgehead atoms. The second-order valence-electron chi connectivity index (χ2n) is 2.12. The molecule has 4 N–H and O–H groups in total. The Bertz CT molecular complexity index is 131. The molecule has 4 heteroatoms. The minimum absolute atomic E-state index is 0.107. The van der Waals surface area contributed by atoms with Crippen LogP contribution < -0.4 is 11.6 Å². The lowest BCUT2D eigenvalue weighted by atomic mass is 10.4. The molecule has 0 amide bonds. The maximum absolute atomic E-state index is 5.50. The molecule has 0 aromatic rings. The van der Waals surface area contributed by atoms with Crippen LogP contribution in [0, 0.1) is 0 Å². The summed E-state index contributed by atoms with van der Waals surface area (Å²) in [6.45, 7) is 2.67. The maximum atomic E-state index is 5.50. The molecule has 52 valence electrons. The minimum atomic E-state index is -0.107. The molecule has 1 rings (SSSR count). The number of nitrogens with zero attached hydrogens (tertiary/aromatic N) is 2. The van der Waals surface area contributed by atoms with Gasteiger partial charge in [-0.15, -0.1) is 0 Å². The fourth-order valence-corrected chi connectivity index (χ4v) is 0.908. The fraction of sp³-hybridized carbons (Fsp3) is 0.800. The summed E-state index contributed by atoms with van der Waals surface area (Å²) in [5, 5.41) is 1.60. The predicted molar refractivity (Wildman–Crippen MR) is 36.6 cm³/mol. The second-order valence-corrected chi connectivity index (χ2v) is 2.12. The summed E-state index contributed by atoms with van der Waals surface area (Å²) in [7, 11) is 0. The van der Waals surface area contributed by atoms with E-state index in [0.717, 1.165) is 12.3 Å². The first-order chi connectivity index (χ1) is 4.24. The van der Waals surface area contributed by atoms with Gasteiger partial charge in [0.1, 0.15) is 12.0 Å². The molecule has 0 aliphatic carbocycles. The summed E-state index contributed by atoms with van der Waals surface area (Å²) in [6, 6.07) is 0. The first-order valence-electron chi connectivity index (χ1n) is 3.08. The summed E-state index contributed by atoms with van der Waals surface area (Å²) < 4.78 is 0. The van der Waals surface area contributed by atoms with Gasteiger partial charge in [-0.25, -0.2) is 5.84 Å².